The molecule has 0 atom stereocenters. The van der Waals surface area contributed by atoms with Gasteiger partial charge in [-0.3, -0.25) is 4.79 Å². The van der Waals surface area contributed by atoms with E-state index in [-0.39, 0.29) is 5.91 Å². The molecule has 0 unspecified atom stereocenters. The molecular weight excluding hydrogens is 400 g/mol. The van der Waals surface area contributed by atoms with E-state index in [1.807, 2.05) is 105 Å². The molecular formula is C26H28N4O2. The zero-order valence-corrected chi connectivity index (χ0v) is 18.7. The fraction of sp³-hybridized carbons (Fsp3) is 0.231. The van der Waals surface area contributed by atoms with E-state index in [0.717, 1.165) is 23.6 Å². The van der Waals surface area contributed by atoms with Crippen LogP contribution in [0.5, 0.6) is 0 Å². The molecule has 0 aliphatic rings. The summed E-state index contributed by atoms with van der Waals surface area (Å²) in [6, 6.07) is 25.4. The summed E-state index contributed by atoms with van der Waals surface area (Å²) in [7, 11) is 4.02. The number of amides is 1. The van der Waals surface area contributed by atoms with Crippen LogP contribution in [0.3, 0.4) is 0 Å². The minimum Gasteiger partial charge on any atom is -0.460 e. The van der Waals surface area contributed by atoms with E-state index in [0.29, 0.717) is 30.2 Å². The molecule has 0 aliphatic carbocycles. The second-order valence-corrected chi connectivity index (χ2v) is 8.09. The van der Waals surface area contributed by atoms with Crippen LogP contribution in [0.25, 0.3) is 17.1 Å². The number of rotatable bonds is 8. The quantitative estimate of drug-likeness (QED) is 0.410. The predicted octanol–water partition coefficient (Wildman–Crippen LogP) is 4.64. The maximum atomic E-state index is 13.8. The number of carbonyl (C=O) groups excluding carboxylic acids is 1. The molecule has 0 spiro atoms. The molecule has 0 fully saturated rings. The average Bonchev–Trinajstić information content (AvgIpc) is 3.44. The Morgan fingerprint density at radius 2 is 1.62 bits per heavy atom. The molecule has 164 valence electrons. The first-order chi connectivity index (χ1) is 15.5. The topological polar surface area (TPSA) is 54.5 Å². The molecule has 32 heavy (non-hydrogen) atoms. The number of benzene rings is 2. The lowest BCUT2D eigenvalue weighted by molar-refractivity contribution is 0.0722. The van der Waals surface area contributed by atoms with Gasteiger partial charge in [0, 0.05) is 25.7 Å². The number of likely N-dealkylation sites (N-methyl/N-ethyl adjacent to an activating group) is 1. The minimum absolute atomic E-state index is 0.0680. The van der Waals surface area contributed by atoms with Gasteiger partial charge in [-0.05, 0) is 50.8 Å². The van der Waals surface area contributed by atoms with E-state index in [1.165, 1.54) is 0 Å². The van der Waals surface area contributed by atoms with Crippen LogP contribution in [0.2, 0.25) is 0 Å². The van der Waals surface area contributed by atoms with Crippen molar-refractivity contribution in [1.29, 1.82) is 0 Å². The smallest absolute Gasteiger partial charge is 0.272 e. The van der Waals surface area contributed by atoms with Gasteiger partial charge in [-0.2, -0.15) is 5.10 Å². The lowest BCUT2D eigenvalue weighted by Crippen LogP contribution is -2.37. The van der Waals surface area contributed by atoms with Crippen molar-refractivity contribution in [3.8, 4) is 17.1 Å². The lowest BCUT2D eigenvalue weighted by atomic mass is 10.2. The van der Waals surface area contributed by atoms with E-state index in [2.05, 4.69) is 4.90 Å². The molecule has 2 aromatic heterocycles. The molecule has 0 saturated heterocycles. The Morgan fingerprint density at radius 3 is 2.25 bits per heavy atom. The number of hydrogen-bond donors (Lipinski definition) is 0. The third-order valence-electron chi connectivity index (χ3n) is 5.24. The van der Waals surface area contributed by atoms with Gasteiger partial charge in [-0.25, -0.2) is 4.68 Å². The Morgan fingerprint density at radius 1 is 0.938 bits per heavy atom. The van der Waals surface area contributed by atoms with Crippen LogP contribution in [0.4, 0.5) is 0 Å². The van der Waals surface area contributed by atoms with Gasteiger partial charge >= 0.3 is 0 Å². The zero-order valence-electron chi connectivity index (χ0n) is 18.7. The molecule has 0 saturated carbocycles. The number of aromatic nitrogens is 2. The van der Waals surface area contributed by atoms with Gasteiger partial charge in [-0.1, -0.05) is 48.5 Å². The van der Waals surface area contributed by atoms with Gasteiger partial charge in [0.15, 0.2) is 5.76 Å². The predicted molar refractivity (Wildman–Crippen MR) is 126 cm³/mol. The Labute approximate surface area is 188 Å². The first kappa shape index (κ1) is 21.6. The van der Waals surface area contributed by atoms with Crippen molar-refractivity contribution in [1.82, 2.24) is 19.6 Å². The highest BCUT2D eigenvalue weighted by molar-refractivity contribution is 5.94. The van der Waals surface area contributed by atoms with Crippen LogP contribution in [0.15, 0.2) is 83.3 Å². The van der Waals surface area contributed by atoms with E-state index in [4.69, 9.17) is 9.52 Å². The van der Waals surface area contributed by atoms with Crippen LogP contribution >= 0.6 is 0 Å². The van der Waals surface area contributed by atoms with Gasteiger partial charge < -0.3 is 14.2 Å². The van der Waals surface area contributed by atoms with Gasteiger partial charge in [0.2, 0.25) is 0 Å². The van der Waals surface area contributed by atoms with E-state index < -0.39 is 0 Å². The van der Waals surface area contributed by atoms with Crippen molar-refractivity contribution >= 4 is 5.91 Å². The first-order valence-corrected chi connectivity index (χ1v) is 10.7. The Hall–Kier alpha value is -3.64. The molecule has 2 heterocycles. The van der Waals surface area contributed by atoms with Gasteiger partial charge in [0.1, 0.15) is 17.1 Å². The maximum absolute atomic E-state index is 13.8. The molecule has 0 N–H and O–H groups in total. The van der Waals surface area contributed by atoms with Crippen molar-refractivity contribution in [2.24, 2.45) is 0 Å². The van der Waals surface area contributed by atoms with Crippen LogP contribution in [0.1, 0.15) is 21.8 Å². The van der Waals surface area contributed by atoms with Crippen molar-refractivity contribution in [3.63, 3.8) is 0 Å². The third kappa shape index (κ3) is 4.98. The summed E-state index contributed by atoms with van der Waals surface area (Å²) in [5.41, 5.74) is 3.07. The van der Waals surface area contributed by atoms with Gasteiger partial charge in [0.05, 0.1) is 5.69 Å². The highest BCUT2D eigenvalue weighted by atomic mass is 16.3. The summed E-state index contributed by atoms with van der Waals surface area (Å²) < 4.78 is 7.49. The Kier molecular flexibility index (Phi) is 6.52. The summed E-state index contributed by atoms with van der Waals surface area (Å²) in [6.07, 6.45) is 0. The Balaban J connectivity index is 1.74. The van der Waals surface area contributed by atoms with Gasteiger partial charge in [0.25, 0.3) is 5.91 Å². The van der Waals surface area contributed by atoms with E-state index >= 15 is 0 Å². The molecule has 0 bridgehead atoms. The summed E-state index contributed by atoms with van der Waals surface area (Å²) in [4.78, 5) is 17.8. The number of para-hydroxylation sites is 1. The summed E-state index contributed by atoms with van der Waals surface area (Å²) in [5.74, 6) is 1.38. The van der Waals surface area contributed by atoms with Crippen LogP contribution in [-0.4, -0.2) is 52.7 Å². The Bertz CT molecular complexity index is 1160. The number of aryl methyl sites for hydroxylation is 1. The summed E-state index contributed by atoms with van der Waals surface area (Å²) >= 11 is 0. The number of carbonyl (C=O) groups is 1. The van der Waals surface area contributed by atoms with E-state index in [9.17, 15) is 4.79 Å². The molecule has 4 aromatic rings. The summed E-state index contributed by atoms with van der Waals surface area (Å²) in [6.45, 7) is 3.80. The number of nitrogens with zero attached hydrogens (tertiary/aromatic N) is 4. The molecule has 0 aliphatic heterocycles. The van der Waals surface area contributed by atoms with Crippen LogP contribution < -0.4 is 0 Å². The monoisotopic (exact) mass is 428 g/mol. The second kappa shape index (κ2) is 9.66. The molecule has 0 radical (unpaired) electrons. The SMILES string of the molecule is Cc1ccc(-c2cc(C(=O)N(CCN(C)C)Cc3ccccc3)n(-c3ccccc3)n2)o1. The average molecular weight is 429 g/mol. The van der Waals surface area contributed by atoms with Crippen molar-refractivity contribution in [2.45, 2.75) is 13.5 Å². The minimum atomic E-state index is -0.0680. The maximum Gasteiger partial charge on any atom is 0.272 e. The third-order valence-corrected chi connectivity index (χ3v) is 5.24. The molecule has 2 aromatic carbocycles. The number of hydrogen-bond acceptors (Lipinski definition) is 4. The largest absolute Gasteiger partial charge is 0.460 e. The first-order valence-electron chi connectivity index (χ1n) is 10.7. The van der Waals surface area contributed by atoms with Crippen molar-refractivity contribution < 1.29 is 9.21 Å². The normalized spacial score (nSPS) is 11.1. The standard InChI is InChI=1S/C26H28N4O2/c1-20-14-15-25(32-20)23-18-24(30(27-23)22-12-8-5-9-13-22)26(31)29(17-16-28(2)3)19-21-10-6-4-7-11-21/h4-15,18H,16-17,19H2,1-3H3. The van der Waals surface area contributed by atoms with Crippen molar-refractivity contribution in [2.75, 3.05) is 27.2 Å². The van der Waals surface area contributed by atoms with E-state index in [1.54, 1.807) is 4.68 Å². The molecule has 6 heteroatoms. The van der Waals surface area contributed by atoms with Crippen LogP contribution in [-0.2, 0) is 6.54 Å². The number of furan rings is 1. The van der Waals surface area contributed by atoms with Gasteiger partial charge in [-0.15, -0.1) is 0 Å². The molecule has 6 nitrogen and oxygen atoms in total. The van der Waals surface area contributed by atoms with Crippen LogP contribution in [0, 0.1) is 6.92 Å². The highest BCUT2D eigenvalue weighted by Gasteiger charge is 2.24. The lowest BCUT2D eigenvalue weighted by Gasteiger charge is -2.25. The highest BCUT2D eigenvalue weighted by Crippen LogP contribution is 2.25. The zero-order chi connectivity index (χ0) is 22.5. The summed E-state index contributed by atoms with van der Waals surface area (Å²) in [5, 5.41) is 4.73. The second-order valence-electron chi connectivity index (χ2n) is 8.09. The molecule has 1 amide bonds. The fourth-order valence-corrected chi connectivity index (χ4v) is 3.53. The fourth-order valence-electron chi connectivity index (χ4n) is 3.53. The van der Waals surface area contributed by atoms with Crippen molar-refractivity contribution in [3.05, 3.63) is 95.9 Å². The molecule has 4 rings (SSSR count).